The van der Waals surface area contributed by atoms with Crippen LogP contribution in [0.15, 0.2) is 34.3 Å². The maximum absolute atomic E-state index is 13.1. The van der Waals surface area contributed by atoms with E-state index < -0.39 is 52.8 Å². The normalized spacial score (nSPS) is 35.9. The lowest BCUT2D eigenvalue weighted by molar-refractivity contribution is -0.242. The number of carbonyl (C=O) groups is 2. The highest BCUT2D eigenvalue weighted by atomic mass is 16.8. The van der Waals surface area contributed by atoms with Gasteiger partial charge in [-0.3, -0.25) is 4.79 Å². The molecule has 0 aromatic heterocycles. The molecule has 0 amide bonds. The summed E-state index contributed by atoms with van der Waals surface area (Å²) in [5.41, 5.74) is 1.20. The average molecular weight is 380 g/mol. The van der Waals surface area contributed by atoms with Crippen LogP contribution < -0.4 is 0 Å². The molecule has 1 spiro atoms. The molecule has 0 bridgehead atoms. The number of hydrogen-bond acceptors (Lipinski definition) is 8. The van der Waals surface area contributed by atoms with Crippen LogP contribution in [0.25, 0.3) is 0 Å². The molecule has 1 fully saturated rings. The van der Waals surface area contributed by atoms with Gasteiger partial charge in [0.1, 0.15) is 12.2 Å². The highest BCUT2D eigenvalue weighted by Gasteiger charge is 2.64. The maximum Gasteiger partial charge on any atom is 0.377 e. The number of allylic oxidation sites excluding steroid dienone is 2. The van der Waals surface area contributed by atoms with Crippen LogP contribution in [0, 0.1) is 5.41 Å². The third kappa shape index (κ3) is 2.70. The molecular formula is C19H24O8. The molecule has 27 heavy (non-hydrogen) atoms. The van der Waals surface area contributed by atoms with E-state index in [0.717, 1.165) is 5.57 Å². The van der Waals surface area contributed by atoms with Crippen molar-refractivity contribution in [3.05, 3.63) is 34.3 Å². The van der Waals surface area contributed by atoms with Gasteiger partial charge in [-0.1, -0.05) is 25.5 Å². The van der Waals surface area contributed by atoms with Gasteiger partial charge >= 0.3 is 5.97 Å². The molecule has 0 aromatic rings. The molecule has 1 aliphatic carbocycles. The van der Waals surface area contributed by atoms with E-state index in [1.807, 2.05) is 19.9 Å². The Hall–Kier alpha value is -2.16. The largest absolute Gasteiger partial charge is 0.505 e. The summed E-state index contributed by atoms with van der Waals surface area (Å²) in [4.78, 5) is 24.5. The predicted molar refractivity (Wildman–Crippen MR) is 92.6 cm³/mol. The molecule has 0 radical (unpaired) electrons. The SMILES string of the molecule is CC(C)=CC1=C(C)C(=O)C2(OCC([C@H]3OC(=O)C(O)=C3O)O2)C(O)C1(C)C. The first-order chi connectivity index (χ1) is 12.4. The Labute approximate surface area is 156 Å². The topological polar surface area (TPSA) is 123 Å². The number of ketones is 1. The lowest BCUT2D eigenvalue weighted by atomic mass is 9.67. The van der Waals surface area contributed by atoms with E-state index in [4.69, 9.17) is 14.2 Å². The molecule has 1 saturated heterocycles. The summed E-state index contributed by atoms with van der Waals surface area (Å²) in [7, 11) is 0. The Morgan fingerprint density at radius 1 is 1.22 bits per heavy atom. The third-order valence-electron chi connectivity index (χ3n) is 5.30. The van der Waals surface area contributed by atoms with E-state index >= 15 is 0 Å². The zero-order valence-electron chi connectivity index (χ0n) is 15.9. The fourth-order valence-corrected chi connectivity index (χ4v) is 3.83. The van der Waals surface area contributed by atoms with E-state index in [1.54, 1.807) is 20.8 Å². The van der Waals surface area contributed by atoms with Gasteiger partial charge in [0.2, 0.25) is 11.5 Å². The lowest BCUT2D eigenvalue weighted by Crippen LogP contribution is -2.61. The van der Waals surface area contributed by atoms with Crippen molar-refractivity contribution >= 4 is 11.8 Å². The van der Waals surface area contributed by atoms with Crippen molar-refractivity contribution in [2.45, 2.75) is 58.7 Å². The molecule has 8 heteroatoms. The summed E-state index contributed by atoms with van der Waals surface area (Å²) in [6.07, 6.45) is -1.84. The molecule has 3 N–H and O–H groups in total. The van der Waals surface area contributed by atoms with Crippen molar-refractivity contribution in [3.8, 4) is 0 Å². The molecule has 2 aliphatic heterocycles. The van der Waals surface area contributed by atoms with Crippen LogP contribution in [0.3, 0.4) is 0 Å². The second-order valence-corrected chi connectivity index (χ2v) is 7.91. The van der Waals surface area contributed by atoms with E-state index in [2.05, 4.69) is 0 Å². The molecule has 2 heterocycles. The number of esters is 1. The summed E-state index contributed by atoms with van der Waals surface area (Å²) < 4.78 is 16.3. The van der Waals surface area contributed by atoms with Crippen molar-refractivity contribution in [2.24, 2.45) is 5.41 Å². The Morgan fingerprint density at radius 3 is 2.37 bits per heavy atom. The maximum atomic E-state index is 13.1. The number of carbonyl (C=O) groups excluding carboxylic acids is 2. The van der Waals surface area contributed by atoms with Crippen LogP contribution in [0.4, 0.5) is 0 Å². The molecule has 3 unspecified atom stereocenters. The first kappa shape index (κ1) is 19.6. The van der Waals surface area contributed by atoms with E-state index in [-0.39, 0.29) is 6.61 Å². The van der Waals surface area contributed by atoms with Crippen LogP contribution in [0.5, 0.6) is 0 Å². The van der Waals surface area contributed by atoms with Crippen LogP contribution in [0.2, 0.25) is 0 Å². The average Bonchev–Trinajstić information content (AvgIpc) is 3.14. The Kier molecular flexibility index (Phi) is 4.49. The van der Waals surface area contributed by atoms with Gasteiger partial charge in [-0.25, -0.2) is 4.79 Å². The summed E-state index contributed by atoms with van der Waals surface area (Å²) in [5.74, 6) is -5.16. The fourth-order valence-electron chi connectivity index (χ4n) is 3.83. The molecule has 0 aromatic carbocycles. The first-order valence-electron chi connectivity index (χ1n) is 8.67. The van der Waals surface area contributed by atoms with Gasteiger partial charge < -0.3 is 29.5 Å². The van der Waals surface area contributed by atoms with Gasteiger partial charge in [0.05, 0.1) is 6.61 Å². The number of hydrogen-bond donors (Lipinski definition) is 3. The van der Waals surface area contributed by atoms with Gasteiger partial charge in [0.25, 0.3) is 5.79 Å². The second-order valence-electron chi connectivity index (χ2n) is 7.91. The number of rotatable bonds is 2. The number of ether oxygens (including phenoxy) is 3. The van der Waals surface area contributed by atoms with Gasteiger partial charge in [0.15, 0.2) is 11.9 Å². The Balaban J connectivity index is 1.99. The molecule has 0 saturated carbocycles. The number of aliphatic hydroxyl groups excluding tert-OH is 3. The minimum atomic E-state index is -1.97. The van der Waals surface area contributed by atoms with E-state index in [9.17, 15) is 24.9 Å². The lowest BCUT2D eigenvalue weighted by Gasteiger charge is -2.46. The summed E-state index contributed by atoms with van der Waals surface area (Å²) in [5, 5.41) is 30.4. The van der Waals surface area contributed by atoms with Crippen LogP contribution >= 0.6 is 0 Å². The van der Waals surface area contributed by atoms with Crippen LogP contribution in [0.1, 0.15) is 34.6 Å². The molecule has 4 atom stereocenters. The number of Topliss-reactive ketones (excluding diaryl/α,β-unsaturated/α-hetero) is 1. The van der Waals surface area contributed by atoms with Crippen molar-refractivity contribution in [3.63, 3.8) is 0 Å². The minimum Gasteiger partial charge on any atom is -0.505 e. The number of aliphatic hydroxyl groups is 3. The molecule has 8 nitrogen and oxygen atoms in total. The first-order valence-corrected chi connectivity index (χ1v) is 8.67. The standard InChI is InChI=1S/C19H24O8/c1-8(2)6-10-9(3)15(22)19(17(24)18(10,4)5)25-7-11(27-19)14-12(20)13(21)16(23)26-14/h6,11,14,17,20-21,24H,7H2,1-5H3/t11?,14-,17?,19?/m1/s1. The fraction of sp³-hybridized carbons (Fsp3) is 0.579. The summed E-state index contributed by atoms with van der Waals surface area (Å²) >= 11 is 0. The van der Waals surface area contributed by atoms with Crippen molar-refractivity contribution in [1.82, 2.24) is 0 Å². The van der Waals surface area contributed by atoms with E-state index in [1.165, 1.54) is 0 Å². The Morgan fingerprint density at radius 2 is 1.85 bits per heavy atom. The monoisotopic (exact) mass is 380 g/mol. The second kappa shape index (κ2) is 6.19. The molecule has 3 rings (SSSR count). The third-order valence-corrected chi connectivity index (χ3v) is 5.30. The van der Waals surface area contributed by atoms with Gasteiger partial charge in [0, 0.05) is 11.0 Å². The summed E-state index contributed by atoms with van der Waals surface area (Å²) in [6, 6.07) is 0. The Bertz CT molecular complexity index is 799. The van der Waals surface area contributed by atoms with Crippen molar-refractivity contribution < 1.29 is 39.1 Å². The van der Waals surface area contributed by atoms with E-state index in [0.29, 0.717) is 11.1 Å². The highest BCUT2D eigenvalue weighted by molar-refractivity contribution is 6.03. The van der Waals surface area contributed by atoms with Gasteiger partial charge in [-0.15, -0.1) is 0 Å². The predicted octanol–water partition coefficient (Wildman–Crippen LogP) is 1.60. The zero-order valence-corrected chi connectivity index (χ0v) is 15.9. The highest BCUT2D eigenvalue weighted by Crippen LogP contribution is 2.49. The summed E-state index contributed by atoms with van der Waals surface area (Å²) in [6.45, 7) is 8.79. The quantitative estimate of drug-likeness (QED) is 0.618. The smallest absolute Gasteiger partial charge is 0.377 e. The molecule has 3 aliphatic rings. The van der Waals surface area contributed by atoms with Crippen molar-refractivity contribution in [1.29, 1.82) is 0 Å². The number of cyclic esters (lactones) is 1. The van der Waals surface area contributed by atoms with Crippen LogP contribution in [-0.2, 0) is 23.8 Å². The minimum absolute atomic E-state index is 0.209. The molecule has 148 valence electrons. The van der Waals surface area contributed by atoms with Crippen molar-refractivity contribution in [2.75, 3.05) is 6.61 Å². The zero-order chi connectivity index (χ0) is 20.3. The molecular weight excluding hydrogens is 356 g/mol. The van der Waals surface area contributed by atoms with Gasteiger partial charge in [-0.2, -0.15) is 0 Å². The van der Waals surface area contributed by atoms with Crippen LogP contribution in [-0.4, -0.2) is 57.8 Å². The van der Waals surface area contributed by atoms with Gasteiger partial charge in [-0.05, 0) is 26.3 Å².